The van der Waals surface area contributed by atoms with E-state index in [9.17, 15) is 9.59 Å². The zero-order valence-electron chi connectivity index (χ0n) is 14.6. The van der Waals surface area contributed by atoms with Crippen LogP contribution in [0.5, 0.6) is 0 Å². The van der Waals surface area contributed by atoms with Crippen LogP contribution in [0.2, 0.25) is 0 Å². The van der Waals surface area contributed by atoms with E-state index in [4.69, 9.17) is 9.15 Å². The lowest BCUT2D eigenvalue weighted by Gasteiger charge is -2.35. The number of carbonyl (C=O) groups excluding carboxylic acids is 2. The highest BCUT2D eigenvalue weighted by atomic mass is 79.9. The summed E-state index contributed by atoms with van der Waals surface area (Å²) in [7, 11) is 3.41. The molecule has 0 atom stereocenters. The van der Waals surface area contributed by atoms with Crippen LogP contribution >= 0.6 is 15.9 Å². The summed E-state index contributed by atoms with van der Waals surface area (Å²) in [6.45, 7) is 3.53. The van der Waals surface area contributed by atoms with Crippen LogP contribution in [0.25, 0.3) is 0 Å². The molecule has 2 aromatic rings. The van der Waals surface area contributed by atoms with Gasteiger partial charge >= 0.3 is 5.97 Å². The van der Waals surface area contributed by atoms with Gasteiger partial charge in [-0.1, -0.05) is 0 Å². The summed E-state index contributed by atoms with van der Waals surface area (Å²) in [4.78, 5) is 28.8. The summed E-state index contributed by atoms with van der Waals surface area (Å²) in [6.07, 6.45) is 0. The van der Waals surface area contributed by atoms with E-state index >= 15 is 0 Å². The third-order valence-corrected chi connectivity index (χ3v) is 4.73. The number of likely N-dealkylation sites (N-methyl/N-ethyl adjacent to an activating group) is 1. The molecule has 1 fully saturated rings. The van der Waals surface area contributed by atoms with Crippen molar-refractivity contribution >= 4 is 39.2 Å². The molecule has 0 spiro atoms. The van der Waals surface area contributed by atoms with Crippen LogP contribution in [0, 0.1) is 0 Å². The molecule has 1 aliphatic rings. The fourth-order valence-electron chi connectivity index (χ4n) is 2.82. The quantitative estimate of drug-likeness (QED) is 0.764. The van der Waals surface area contributed by atoms with Crippen molar-refractivity contribution in [1.29, 1.82) is 0 Å². The smallest absolute Gasteiger partial charge is 0.337 e. The number of piperazine rings is 1. The molecular weight excluding hydrogens is 402 g/mol. The largest absolute Gasteiger partial charge is 0.465 e. The summed E-state index contributed by atoms with van der Waals surface area (Å²) in [5, 5.41) is 2.85. The van der Waals surface area contributed by atoms with Crippen molar-refractivity contribution in [2.24, 2.45) is 0 Å². The Labute approximate surface area is 160 Å². The lowest BCUT2D eigenvalue weighted by molar-refractivity contribution is 0.0600. The van der Waals surface area contributed by atoms with Gasteiger partial charge in [-0.3, -0.25) is 4.79 Å². The Kier molecular flexibility index (Phi) is 5.63. The molecule has 7 nitrogen and oxygen atoms in total. The molecule has 1 amide bonds. The number of anilines is 2. The molecule has 3 rings (SSSR count). The minimum Gasteiger partial charge on any atom is -0.465 e. The van der Waals surface area contributed by atoms with E-state index in [1.54, 1.807) is 24.3 Å². The molecule has 0 aliphatic carbocycles. The molecule has 0 saturated carbocycles. The number of carbonyl (C=O) groups is 2. The summed E-state index contributed by atoms with van der Waals surface area (Å²) in [5.74, 6) is -0.649. The van der Waals surface area contributed by atoms with Crippen LogP contribution in [0.15, 0.2) is 39.4 Å². The van der Waals surface area contributed by atoms with Gasteiger partial charge in [-0.25, -0.2) is 4.79 Å². The number of rotatable bonds is 4. The molecule has 138 valence electrons. The highest BCUT2D eigenvalue weighted by molar-refractivity contribution is 9.10. The number of halogens is 1. The number of nitrogens with zero attached hydrogens (tertiary/aromatic N) is 2. The maximum atomic E-state index is 12.5. The van der Waals surface area contributed by atoms with Gasteiger partial charge in [0.1, 0.15) is 0 Å². The molecule has 8 heteroatoms. The third kappa shape index (κ3) is 4.08. The van der Waals surface area contributed by atoms with Crippen molar-refractivity contribution in [3.05, 3.63) is 46.3 Å². The number of furan rings is 1. The molecule has 1 aromatic carbocycles. The molecule has 1 N–H and O–H groups in total. The van der Waals surface area contributed by atoms with E-state index in [1.165, 1.54) is 7.11 Å². The first-order valence-corrected chi connectivity index (χ1v) is 9.00. The van der Waals surface area contributed by atoms with Gasteiger partial charge in [-0.2, -0.15) is 0 Å². The Morgan fingerprint density at radius 2 is 1.88 bits per heavy atom. The lowest BCUT2D eigenvalue weighted by atomic mass is 10.1. The fourth-order valence-corrected chi connectivity index (χ4v) is 3.13. The minimum atomic E-state index is -0.453. The summed E-state index contributed by atoms with van der Waals surface area (Å²) in [5.41, 5.74) is 1.79. The predicted molar refractivity (Wildman–Crippen MR) is 102 cm³/mol. The summed E-state index contributed by atoms with van der Waals surface area (Å²) >= 11 is 3.19. The topological polar surface area (TPSA) is 75.0 Å². The average Bonchev–Trinajstić information content (AvgIpc) is 3.08. The number of amides is 1. The molecule has 0 radical (unpaired) electrons. The third-order valence-electron chi connectivity index (χ3n) is 4.31. The second-order valence-corrected chi connectivity index (χ2v) is 6.85. The average molecular weight is 422 g/mol. The Balaban J connectivity index is 1.90. The normalized spacial score (nSPS) is 15.0. The van der Waals surface area contributed by atoms with Gasteiger partial charge in [0, 0.05) is 26.2 Å². The minimum absolute atomic E-state index is 0.185. The Bertz CT molecular complexity index is 813. The van der Waals surface area contributed by atoms with Gasteiger partial charge in [-0.05, 0) is 53.3 Å². The van der Waals surface area contributed by atoms with Crippen molar-refractivity contribution in [1.82, 2.24) is 4.90 Å². The molecule has 2 heterocycles. The van der Waals surface area contributed by atoms with Crippen LogP contribution in [-0.4, -0.2) is 57.1 Å². The molecule has 26 heavy (non-hydrogen) atoms. The number of methoxy groups -OCH3 is 1. The Morgan fingerprint density at radius 1 is 1.15 bits per heavy atom. The van der Waals surface area contributed by atoms with E-state index in [-0.39, 0.29) is 11.7 Å². The monoisotopic (exact) mass is 421 g/mol. The zero-order valence-corrected chi connectivity index (χ0v) is 16.2. The maximum Gasteiger partial charge on any atom is 0.337 e. The van der Waals surface area contributed by atoms with E-state index in [1.807, 2.05) is 6.07 Å². The molecular formula is C18H20BrN3O4. The van der Waals surface area contributed by atoms with Gasteiger partial charge in [0.15, 0.2) is 10.4 Å². The number of hydrogen-bond acceptors (Lipinski definition) is 6. The van der Waals surface area contributed by atoms with Crippen molar-refractivity contribution in [3.8, 4) is 0 Å². The van der Waals surface area contributed by atoms with Crippen molar-refractivity contribution in [2.45, 2.75) is 0 Å². The number of esters is 1. The molecule has 1 saturated heterocycles. The SMILES string of the molecule is COC(=O)c1ccc(N2CCN(C)CC2)c(NC(=O)c2ccc(Br)o2)c1. The number of benzene rings is 1. The van der Waals surface area contributed by atoms with Crippen LogP contribution in [-0.2, 0) is 4.74 Å². The summed E-state index contributed by atoms with van der Waals surface area (Å²) in [6, 6.07) is 8.42. The van der Waals surface area contributed by atoms with Crippen LogP contribution in [0.4, 0.5) is 11.4 Å². The molecule has 1 aromatic heterocycles. The molecule has 0 unspecified atom stereocenters. The standard InChI is InChI=1S/C18H20BrN3O4/c1-21-7-9-22(10-8-21)14-4-3-12(18(24)25-2)11-13(14)20-17(23)15-5-6-16(19)26-15/h3-6,11H,7-10H2,1-2H3,(H,20,23). The summed E-state index contributed by atoms with van der Waals surface area (Å²) < 4.78 is 10.6. The predicted octanol–water partition coefficient (Wildman–Crippen LogP) is 2.83. The van der Waals surface area contributed by atoms with Gasteiger partial charge in [0.25, 0.3) is 5.91 Å². The van der Waals surface area contributed by atoms with Gasteiger partial charge < -0.3 is 24.3 Å². The molecule has 0 bridgehead atoms. The van der Waals surface area contributed by atoms with E-state index in [2.05, 4.69) is 38.1 Å². The lowest BCUT2D eigenvalue weighted by Crippen LogP contribution is -2.44. The Hall–Kier alpha value is -2.32. The van der Waals surface area contributed by atoms with Gasteiger partial charge in [0.2, 0.25) is 0 Å². The number of ether oxygens (including phenoxy) is 1. The second-order valence-electron chi connectivity index (χ2n) is 6.07. The van der Waals surface area contributed by atoms with Gasteiger partial charge in [-0.15, -0.1) is 0 Å². The fraction of sp³-hybridized carbons (Fsp3) is 0.333. The van der Waals surface area contributed by atoms with Crippen molar-refractivity contribution in [3.63, 3.8) is 0 Å². The highest BCUT2D eigenvalue weighted by Gasteiger charge is 2.21. The van der Waals surface area contributed by atoms with Crippen molar-refractivity contribution < 1.29 is 18.7 Å². The van der Waals surface area contributed by atoms with Gasteiger partial charge in [0.05, 0.1) is 24.0 Å². The first kappa shape index (κ1) is 18.5. The Morgan fingerprint density at radius 3 is 2.50 bits per heavy atom. The first-order chi connectivity index (χ1) is 12.5. The molecule has 1 aliphatic heterocycles. The number of nitrogens with one attached hydrogen (secondary N) is 1. The zero-order chi connectivity index (χ0) is 18.7. The first-order valence-electron chi connectivity index (χ1n) is 8.20. The van der Waals surface area contributed by atoms with Crippen LogP contribution in [0.3, 0.4) is 0 Å². The number of hydrogen-bond donors (Lipinski definition) is 1. The highest BCUT2D eigenvalue weighted by Crippen LogP contribution is 2.29. The maximum absolute atomic E-state index is 12.5. The van der Waals surface area contributed by atoms with E-state index < -0.39 is 5.97 Å². The van der Waals surface area contributed by atoms with E-state index in [0.29, 0.717) is 15.9 Å². The van der Waals surface area contributed by atoms with Crippen LogP contribution in [0.1, 0.15) is 20.9 Å². The van der Waals surface area contributed by atoms with Crippen LogP contribution < -0.4 is 10.2 Å². The van der Waals surface area contributed by atoms with E-state index in [0.717, 1.165) is 31.9 Å². The second kappa shape index (κ2) is 7.92. The van der Waals surface area contributed by atoms with Crippen molar-refractivity contribution in [2.75, 3.05) is 50.6 Å².